The van der Waals surface area contributed by atoms with Crippen LogP contribution in [0.1, 0.15) is 36.0 Å². The molecule has 1 fully saturated rings. The number of piperidine rings is 1. The number of thiophene rings is 1. The van der Waals surface area contributed by atoms with Crippen LogP contribution in [-0.4, -0.2) is 48.4 Å². The number of hydrogen-bond acceptors (Lipinski definition) is 5. The van der Waals surface area contributed by atoms with E-state index in [0.717, 1.165) is 43.1 Å². The highest BCUT2D eigenvalue weighted by Gasteiger charge is 2.28. The van der Waals surface area contributed by atoms with Crippen LogP contribution in [0, 0.1) is 0 Å². The highest BCUT2D eigenvalue weighted by Crippen LogP contribution is 2.26. The molecule has 1 atom stereocenters. The van der Waals surface area contributed by atoms with E-state index >= 15 is 0 Å². The van der Waals surface area contributed by atoms with Crippen molar-refractivity contribution >= 4 is 17.2 Å². The molecule has 8 heteroatoms. The Morgan fingerprint density at radius 3 is 3.08 bits per heavy atom. The summed E-state index contributed by atoms with van der Waals surface area (Å²) in [6.07, 6.45) is 6.20. The summed E-state index contributed by atoms with van der Waals surface area (Å²) >= 11 is 1.63. The summed E-state index contributed by atoms with van der Waals surface area (Å²) in [5, 5.41) is 17.1. The number of carbonyl (C=O) groups excluding carboxylic acids is 1. The second-order valence-corrected chi connectivity index (χ2v) is 7.50. The topological polar surface area (TPSA) is 68.8 Å². The van der Waals surface area contributed by atoms with Crippen LogP contribution in [0.2, 0.25) is 0 Å². The van der Waals surface area contributed by atoms with E-state index in [1.54, 1.807) is 17.5 Å². The van der Waals surface area contributed by atoms with Crippen LogP contribution >= 0.6 is 11.3 Å². The van der Waals surface area contributed by atoms with Crippen molar-refractivity contribution in [2.45, 2.75) is 31.7 Å². The molecular weight excluding hydrogens is 348 g/mol. The average molecular weight is 370 g/mol. The summed E-state index contributed by atoms with van der Waals surface area (Å²) in [5.74, 6) is 2.27. The third-order valence-corrected chi connectivity index (χ3v) is 5.67. The molecule has 0 N–H and O–H groups in total. The maximum atomic E-state index is 12.6. The summed E-state index contributed by atoms with van der Waals surface area (Å²) < 4.78 is 3.89. The Morgan fingerprint density at radius 1 is 1.38 bits per heavy atom. The van der Waals surface area contributed by atoms with Crippen molar-refractivity contribution in [2.75, 3.05) is 13.1 Å². The molecule has 3 aromatic rings. The van der Waals surface area contributed by atoms with Crippen LogP contribution in [0.25, 0.3) is 0 Å². The molecule has 4 heterocycles. The molecule has 0 radical (unpaired) electrons. The maximum Gasteiger partial charge on any atom is 0.227 e. The second-order valence-electron chi connectivity index (χ2n) is 6.72. The van der Waals surface area contributed by atoms with Crippen molar-refractivity contribution in [3.8, 4) is 0 Å². The number of likely N-dealkylation sites (tertiary alicyclic amines) is 1. The van der Waals surface area contributed by atoms with Gasteiger partial charge in [-0.15, -0.1) is 10.2 Å². The van der Waals surface area contributed by atoms with Gasteiger partial charge < -0.3 is 9.47 Å². The van der Waals surface area contributed by atoms with Gasteiger partial charge >= 0.3 is 0 Å². The summed E-state index contributed by atoms with van der Waals surface area (Å²) in [6.45, 7) is 2.15. The molecule has 0 bridgehead atoms. The van der Waals surface area contributed by atoms with E-state index in [1.165, 1.54) is 0 Å². The Bertz CT molecular complexity index is 855. The SMILES string of the molecule is Cn1c(Cn2cccn2)nnc1[C@@H]1CCCN(C(=O)Cc2ccsc2)C1. The summed E-state index contributed by atoms with van der Waals surface area (Å²) in [4.78, 5) is 14.6. The number of carbonyl (C=O) groups is 1. The lowest BCUT2D eigenvalue weighted by atomic mass is 9.96. The van der Waals surface area contributed by atoms with Gasteiger partial charge in [0.2, 0.25) is 5.91 Å². The average Bonchev–Trinajstić information content (AvgIpc) is 3.40. The third-order valence-electron chi connectivity index (χ3n) is 4.94. The zero-order valence-corrected chi connectivity index (χ0v) is 15.6. The predicted octanol–water partition coefficient (Wildman–Crippen LogP) is 2.07. The van der Waals surface area contributed by atoms with Crippen LogP contribution in [0.3, 0.4) is 0 Å². The van der Waals surface area contributed by atoms with Crippen LogP contribution in [0.4, 0.5) is 0 Å². The number of rotatable bonds is 5. The van der Waals surface area contributed by atoms with Gasteiger partial charge in [0, 0.05) is 38.4 Å². The van der Waals surface area contributed by atoms with Gasteiger partial charge in [0.05, 0.1) is 6.42 Å². The molecule has 0 spiro atoms. The van der Waals surface area contributed by atoms with E-state index in [-0.39, 0.29) is 11.8 Å². The third kappa shape index (κ3) is 3.55. The zero-order chi connectivity index (χ0) is 17.9. The van der Waals surface area contributed by atoms with Gasteiger partial charge in [0.15, 0.2) is 5.82 Å². The quantitative estimate of drug-likeness (QED) is 0.689. The van der Waals surface area contributed by atoms with Crippen LogP contribution in [0.15, 0.2) is 35.3 Å². The second kappa shape index (κ2) is 7.41. The summed E-state index contributed by atoms with van der Waals surface area (Å²) in [7, 11) is 2.00. The fourth-order valence-electron chi connectivity index (χ4n) is 3.50. The molecule has 1 aliphatic rings. The van der Waals surface area contributed by atoms with Crippen molar-refractivity contribution < 1.29 is 4.79 Å². The van der Waals surface area contributed by atoms with Gasteiger partial charge in [-0.05, 0) is 41.3 Å². The molecular formula is C18H22N6OS. The normalized spacial score (nSPS) is 17.6. The first-order valence-corrected chi connectivity index (χ1v) is 9.79. The first-order chi connectivity index (χ1) is 12.7. The minimum atomic E-state index is 0.201. The molecule has 136 valence electrons. The van der Waals surface area contributed by atoms with Crippen molar-refractivity contribution in [3.05, 3.63) is 52.5 Å². The molecule has 1 saturated heterocycles. The van der Waals surface area contributed by atoms with E-state index in [9.17, 15) is 4.79 Å². The Hall–Kier alpha value is -2.48. The van der Waals surface area contributed by atoms with E-state index in [2.05, 4.69) is 19.9 Å². The van der Waals surface area contributed by atoms with E-state index in [0.29, 0.717) is 13.0 Å². The van der Waals surface area contributed by atoms with Gasteiger partial charge in [-0.25, -0.2) is 0 Å². The lowest BCUT2D eigenvalue weighted by molar-refractivity contribution is -0.131. The number of hydrogen-bond donors (Lipinski definition) is 0. The standard InChI is InChI=1S/C18H22N6OS/c1-22-16(12-24-8-3-6-19-24)20-21-18(22)15-4-2-7-23(11-15)17(25)10-14-5-9-26-13-14/h3,5-6,8-9,13,15H,2,4,7,10-12H2,1H3/t15-/m1/s1. The number of amides is 1. The van der Waals surface area contributed by atoms with Gasteiger partial charge in [0.1, 0.15) is 12.4 Å². The molecule has 3 aromatic heterocycles. The van der Waals surface area contributed by atoms with Gasteiger partial charge in [-0.2, -0.15) is 16.4 Å². The fraction of sp³-hybridized carbons (Fsp3) is 0.444. The van der Waals surface area contributed by atoms with E-state index in [1.807, 2.05) is 45.7 Å². The molecule has 0 aromatic carbocycles. The molecule has 7 nitrogen and oxygen atoms in total. The first kappa shape index (κ1) is 17.0. The molecule has 0 aliphatic carbocycles. The highest BCUT2D eigenvalue weighted by atomic mass is 32.1. The minimum absolute atomic E-state index is 0.201. The Kier molecular flexibility index (Phi) is 4.83. The van der Waals surface area contributed by atoms with Crippen LogP contribution < -0.4 is 0 Å². The number of aromatic nitrogens is 5. The number of nitrogens with zero attached hydrogens (tertiary/aromatic N) is 6. The van der Waals surface area contributed by atoms with Crippen molar-refractivity contribution in [1.82, 2.24) is 29.4 Å². The van der Waals surface area contributed by atoms with E-state index in [4.69, 9.17) is 0 Å². The highest BCUT2D eigenvalue weighted by molar-refractivity contribution is 7.08. The van der Waals surface area contributed by atoms with Crippen LogP contribution in [-0.2, 0) is 24.8 Å². The van der Waals surface area contributed by atoms with Crippen molar-refractivity contribution in [3.63, 3.8) is 0 Å². The van der Waals surface area contributed by atoms with E-state index < -0.39 is 0 Å². The molecule has 1 amide bonds. The van der Waals surface area contributed by atoms with Gasteiger partial charge in [-0.1, -0.05) is 0 Å². The van der Waals surface area contributed by atoms with Gasteiger partial charge in [-0.3, -0.25) is 9.48 Å². The summed E-state index contributed by atoms with van der Waals surface area (Å²) in [6, 6.07) is 3.92. The van der Waals surface area contributed by atoms with Crippen molar-refractivity contribution in [1.29, 1.82) is 0 Å². The summed E-state index contributed by atoms with van der Waals surface area (Å²) in [5.41, 5.74) is 1.10. The first-order valence-electron chi connectivity index (χ1n) is 8.85. The Morgan fingerprint density at radius 2 is 2.31 bits per heavy atom. The van der Waals surface area contributed by atoms with Gasteiger partial charge in [0.25, 0.3) is 0 Å². The molecule has 1 aliphatic heterocycles. The lowest BCUT2D eigenvalue weighted by Gasteiger charge is -2.32. The fourth-order valence-corrected chi connectivity index (χ4v) is 4.17. The molecule has 4 rings (SSSR count). The Labute approximate surface area is 156 Å². The van der Waals surface area contributed by atoms with Crippen molar-refractivity contribution in [2.24, 2.45) is 7.05 Å². The Balaban J connectivity index is 1.44. The predicted molar refractivity (Wildman–Crippen MR) is 98.9 cm³/mol. The maximum absolute atomic E-state index is 12.6. The molecule has 0 unspecified atom stereocenters. The lowest BCUT2D eigenvalue weighted by Crippen LogP contribution is -2.40. The minimum Gasteiger partial charge on any atom is -0.342 e. The monoisotopic (exact) mass is 370 g/mol. The zero-order valence-electron chi connectivity index (χ0n) is 14.8. The molecule has 0 saturated carbocycles. The molecule has 26 heavy (non-hydrogen) atoms. The smallest absolute Gasteiger partial charge is 0.227 e. The largest absolute Gasteiger partial charge is 0.342 e. The van der Waals surface area contributed by atoms with Crippen LogP contribution in [0.5, 0.6) is 0 Å².